The molecular weight excluding hydrogens is 344 g/mol. The van der Waals surface area contributed by atoms with Crippen molar-refractivity contribution in [2.24, 2.45) is 5.73 Å². The normalized spacial score (nSPS) is 10.8. The molecule has 0 aliphatic rings. The summed E-state index contributed by atoms with van der Waals surface area (Å²) in [5.41, 5.74) is 7.74. The molecule has 3 N–H and O–H groups in total. The lowest BCUT2D eigenvalue weighted by Crippen LogP contribution is -2.20. The Labute approximate surface area is 159 Å². The molecule has 0 bridgehead atoms. The van der Waals surface area contributed by atoms with Crippen molar-refractivity contribution in [1.29, 1.82) is 0 Å². The van der Waals surface area contributed by atoms with Crippen molar-refractivity contribution in [3.8, 4) is 11.5 Å². The standard InChI is InChI=1S/C21H24N2O4/c1-14(2)16-5-4-6-17(12-16)23-21(25)10-8-15-7-9-18(19(11-15)26-3)27-13-20(22)24/h4-12,14H,13H2,1-3H3,(H2,22,24)(H,23,25)/b10-8+. The zero-order chi connectivity index (χ0) is 19.8. The van der Waals surface area contributed by atoms with Gasteiger partial charge in [0.15, 0.2) is 18.1 Å². The van der Waals surface area contributed by atoms with Crippen LogP contribution in [0, 0.1) is 0 Å². The van der Waals surface area contributed by atoms with Gasteiger partial charge in [-0.1, -0.05) is 32.0 Å². The Morgan fingerprint density at radius 3 is 2.59 bits per heavy atom. The van der Waals surface area contributed by atoms with Gasteiger partial charge >= 0.3 is 0 Å². The molecule has 0 spiro atoms. The van der Waals surface area contributed by atoms with Crippen LogP contribution in [0.3, 0.4) is 0 Å². The molecule has 2 aromatic carbocycles. The highest BCUT2D eigenvalue weighted by atomic mass is 16.5. The molecule has 0 radical (unpaired) electrons. The lowest BCUT2D eigenvalue weighted by atomic mass is 10.0. The Morgan fingerprint density at radius 1 is 1.15 bits per heavy atom. The molecule has 0 heterocycles. The van der Waals surface area contributed by atoms with E-state index in [1.54, 1.807) is 24.3 Å². The van der Waals surface area contributed by atoms with Crippen LogP contribution in [0.1, 0.15) is 30.9 Å². The second-order valence-electron chi connectivity index (χ2n) is 6.27. The fourth-order valence-corrected chi connectivity index (χ4v) is 2.39. The number of rotatable bonds is 8. The van der Waals surface area contributed by atoms with Crippen LogP contribution in [0.25, 0.3) is 6.08 Å². The van der Waals surface area contributed by atoms with E-state index in [9.17, 15) is 9.59 Å². The van der Waals surface area contributed by atoms with Gasteiger partial charge in [0, 0.05) is 11.8 Å². The van der Waals surface area contributed by atoms with E-state index in [2.05, 4.69) is 19.2 Å². The maximum Gasteiger partial charge on any atom is 0.255 e. The SMILES string of the molecule is COc1cc(/C=C/C(=O)Nc2cccc(C(C)C)c2)ccc1OCC(N)=O. The number of nitrogens with one attached hydrogen (secondary N) is 1. The number of hydrogen-bond acceptors (Lipinski definition) is 4. The quantitative estimate of drug-likeness (QED) is 0.699. The molecule has 0 fully saturated rings. The van der Waals surface area contributed by atoms with E-state index >= 15 is 0 Å². The van der Waals surface area contributed by atoms with Gasteiger partial charge in [-0.25, -0.2) is 0 Å². The third-order valence-electron chi connectivity index (χ3n) is 3.81. The molecule has 0 aliphatic carbocycles. The minimum Gasteiger partial charge on any atom is -0.493 e. The van der Waals surface area contributed by atoms with Gasteiger partial charge in [-0.05, 0) is 47.4 Å². The number of benzene rings is 2. The predicted octanol–water partition coefficient (Wildman–Crippen LogP) is 3.33. The lowest BCUT2D eigenvalue weighted by Gasteiger charge is -2.10. The Bertz CT molecular complexity index is 844. The average Bonchev–Trinajstić information content (AvgIpc) is 2.65. The predicted molar refractivity (Wildman–Crippen MR) is 106 cm³/mol. The summed E-state index contributed by atoms with van der Waals surface area (Å²) >= 11 is 0. The summed E-state index contributed by atoms with van der Waals surface area (Å²) in [5, 5.41) is 2.85. The zero-order valence-corrected chi connectivity index (χ0v) is 15.7. The molecule has 2 rings (SSSR count). The van der Waals surface area contributed by atoms with Crippen LogP contribution >= 0.6 is 0 Å². The maximum absolute atomic E-state index is 12.2. The van der Waals surface area contributed by atoms with Gasteiger partial charge < -0.3 is 20.5 Å². The fraction of sp³-hybridized carbons (Fsp3) is 0.238. The van der Waals surface area contributed by atoms with E-state index in [0.717, 1.165) is 16.8 Å². The van der Waals surface area contributed by atoms with E-state index < -0.39 is 5.91 Å². The minimum atomic E-state index is -0.570. The highest BCUT2D eigenvalue weighted by Gasteiger charge is 2.07. The summed E-state index contributed by atoms with van der Waals surface area (Å²) < 4.78 is 10.5. The van der Waals surface area contributed by atoms with Crippen molar-refractivity contribution in [3.05, 3.63) is 59.7 Å². The van der Waals surface area contributed by atoms with Gasteiger partial charge in [0.2, 0.25) is 5.91 Å². The number of hydrogen-bond donors (Lipinski definition) is 2. The highest BCUT2D eigenvalue weighted by Crippen LogP contribution is 2.28. The van der Waals surface area contributed by atoms with Crippen molar-refractivity contribution < 1.29 is 19.1 Å². The van der Waals surface area contributed by atoms with E-state index in [0.29, 0.717) is 17.4 Å². The topological polar surface area (TPSA) is 90.7 Å². The van der Waals surface area contributed by atoms with Gasteiger partial charge in [-0.3, -0.25) is 9.59 Å². The van der Waals surface area contributed by atoms with Crippen LogP contribution in [-0.4, -0.2) is 25.5 Å². The number of methoxy groups -OCH3 is 1. The van der Waals surface area contributed by atoms with Crippen LogP contribution in [-0.2, 0) is 9.59 Å². The van der Waals surface area contributed by atoms with Gasteiger partial charge in [-0.15, -0.1) is 0 Å². The van der Waals surface area contributed by atoms with Crippen molar-refractivity contribution in [1.82, 2.24) is 0 Å². The minimum absolute atomic E-state index is 0.232. The van der Waals surface area contributed by atoms with Crippen LogP contribution in [0.4, 0.5) is 5.69 Å². The van der Waals surface area contributed by atoms with Crippen molar-refractivity contribution in [3.63, 3.8) is 0 Å². The highest BCUT2D eigenvalue weighted by molar-refractivity contribution is 6.02. The number of carbonyl (C=O) groups is 2. The summed E-state index contributed by atoms with van der Waals surface area (Å²) in [4.78, 5) is 23.0. The third kappa shape index (κ3) is 6.18. The summed E-state index contributed by atoms with van der Waals surface area (Å²) in [5.74, 6) is 0.440. The molecule has 0 saturated carbocycles. The number of anilines is 1. The van der Waals surface area contributed by atoms with Crippen LogP contribution in [0.15, 0.2) is 48.5 Å². The Balaban J connectivity index is 2.05. The molecule has 6 nitrogen and oxygen atoms in total. The summed E-state index contributed by atoms with van der Waals surface area (Å²) in [6, 6.07) is 12.9. The third-order valence-corrected chi connectivity index (χ3v) is 3.81. The van der Waals surface area contributed by atoms with E-state index in [1.165, 1.54) is 13.2 Å². The summed E-state index contributed by atoms with van der Waals surface area (Å²) in [7, 11) is 1.49. The Morgan fingerprint density at radius 2 is 1.93 bits per heavy atom. The molecule has 142 valence electrons. The lowest BCUT2D eigenvalue weighted by molar-refractivity contribution is -0.120. The molecule has 0 saturated heterocycles. The molecule has 27 heavy (non-hydrogen) atoms. The van der Waals surface area contributed by atoms with Crippen LogP contribution < -0.4 is 20.5 Å². The number of ether oxygens (including phenoxy) is 2. The number of carbonyl (C=O) groups excluding carboxylic acids is 2. The van der Waals surface area contributed by atoms with Crippen molar-refractivity contribution >= 4 is 23.6 Å². The molecule has 0 atom stereocenters. The molecule has 0 unspecified atom stereocenters. The molecule has 0 aromatic heterocycles. The molecule has 2 aromatic rings. The number of amides is 2. The number of nitrogens with two attached hydrogens (primary N) is 1. The molecular formula is C21H24N2O4. The smallest absolute Gasteiger partial charge is 0.255 e. The van der Waals surface area contributed by atoms with Crippen molar-refractivity contribution in [2.75, 3.05) is 19.0 Å². The Hall–Kier alpha value is -3.28. The first-order chi connectivity index (χ1) is 12.9. The first-order valence-electron chi connectivity index (χ1n) is 8.57. The molecule has 6 heteroatoms. The zero-order valence-electron chi connectivity index (χ0n) is 15.7. The largest absolute Gasteiger partial charge is 0.493 e. The van der Waals surface area contributed by atoms with Gasteiger partial charge in [0.1, 0.15) is 0 Å². The first-order valence-corrected chi connectivity index (χ1v) is 8.57. The summed E-state index contributed by atoms with van der Waals surface area (Å²) in [6.45, 7) is 3.97. The first kappa shape index (κ1) is 20.0. The van der Waals surface area contributed by atoms with Gasteiger partial charge in [0.25, 0.3) is 5.91 Å². The van der Waals surface area contributed by atoms with Gasteiger partial charge in [-0.2, -0.15) is 0 Å². The number of primary amides is 1. The van der Waals surface area contributed by atoms with Gasteiger partial charge in [0.05, 0.1) is 7.11 Å². The van der Waals surface area contributed by atoms with E-state index in [-0.39, 0.29) is 12.5 Å². The Kier molecular flexibility index (Phi) is 7.00. The molecule has 0 aliphatic heterocycles. The van der Waals surface area contributed by atoms with Crippen LogP contribution in [0.2, 0.25) is 0 Å². The second kappa shape index (κ2) is 9.43. The van der Waals surface area contributed by atoms with Crippen molar-refractivity contribution in [2.45, 2.75) is 19.8 Å². The fourth-order valence-electron chi connectivity index (χ4n) is 2.39. The molecule has 2 amide bonds. The average molecular weight is 368 g/mol. The summed E-state index contributed by atoms with van der Waals surface area (Å²) in [6.07, 6.45) is 3.11. The van der Waals surface area contributed by atoms with E-state index in [1.807, 2.05) is 24.3 Å². The second-order valence-corrected chi connectivity index (χ2v) is 6.27. The van der Waals surface area contributed by atoms with E-state index in [4.69, 9.17) is 15.2 Å². The maximum atomic E-state index is 12.2. The van der Waals surface area contributed by atoms with Crippen LogP contribution in [0.5, 0.6) is 11.5 Å². The monoisotopic (exact) mass is 368 g/mol.